The molecule has 1 aliphatic rings. The number of esters is 1. The molecule has 2 heterocycles. The van der Waals surface area contributed by atoms with Crippen LogP contribution >= 0.6 is 22.9 Å². The molecule has 0 aliphatic heterocycles. The summed E-state index contributed by atoms with van der Waals surface area (Å²) in [7, 11) is 0. The summed E-state index contributed by atoms with van der Waals surface area (Å²) in [6.07, 6.45) is 5.33. The number of aromatic nitrogens is 1. The third kappa shape index (κ3) is 5.36. The molecular weight excluding hydrogens is 530 g/mol. The number of nitriles is 1. The van der Waals surface area contributed by atoms with Crippen molar-refractivity contribution in [1.82, 2.24) is 4.57 Å². The first-order chi connectivity index (χ1) is 18.9. The Labute approximate surface area is 236 Å². The molecule has 1 N–H and O–H groups in total. The minimum Gasteiger partial charge on any atom is -0.462 e. The molecule has 0 saturated carbocycles. The number of halogens is 1. The van der Waals surface area contributed by atoms with Gasteiger partial charge in [0, 0.05) is 38.6 Å². The van der Waals surface area contributed by atoms with Gasteiger partial charge >= 0.3 is 5.97 Å². The van der Waals surface area contributed by atoms with Gasteiger partial charge in [0.05, 0.1) is 12.2 Å². The summed E-state index contributed by atoms with van der Waals surface area (Å²) in [4.78, 5) is 27.3. The van der Waals surface area contributed by atoms with Crippen LogP contribution in [-0.4, -0.2) is 23.1 Å². The maximum absolute atomic E-state index is 13.4. The van der Waals surface area contributed by atoms with Gasteiger partial charge in [-0.3, -0.25) is 4.79 Å². The van der Waals surface area contributed by atoms with Crippen molar-refractivity contribution < 1.29 is 14.3 Å². The molecule has 1 amide bonds. The molecule has 0 atom stereocenters. The van der Waals surface area contributed by atoms with Gasteiger partial charge in [0.15, 0.2) is 0 Å². The number of rotatable bonds is 7. The zero-order chi connectivity index (χ0) is 27.5. The van der Waals surface area contributed by atoms with Crippen LogP contribution in [0.4, 0.5) is 5.00 Å². The standard InChI is InChI=1S/C31H28ClN3O3S/c1-3-38-31(37)28-24-9-5-7-11-27(24)39-30(28)34-29(36)21(17-33)16-25-19(2)35(26-10-6-4-8-23(25)26)18-20-12-14-22(32)15-13-20/h4,6,8,10,12-16H,3,5,7,9,11,18H2,1-2H3,(H,34,36)/b21-16+. The molecule has 1 aliphatic carbocycles. The maximum Gasteiger partial charge on any atom is 0.341 e. The van der Waals surface area contributed by atoms with Gasteiger partial charge in [0.25, 0.3) is 5.91 Å². The Morgan fingerprint density at radius 1 is 1.15 bits per heavy atom. The van der Waals surface area contributed by atoms with E-state index < -0.39 is 11.9 Å². The molecule has 4 aromatic rings. The van der Waals surface area contributed by atoms with Gasteiger partial charge in [-0.15, -0.1) is 11.3 Å². The van der Waals surface area contributed by atoms with Crippen molar-refractivity contribution in [3.63, 3.8) is 0 Å². The summed E-state index contributed by atoms with van der Waals surface area (Å²) in [5, 5.41) is 15.0. The summed E-state index contributed by atoms with van der Waals surface area (Å²) < 4.78 is 7.48. The average Bonchev–Trinajstić information content (AvgIpc) is 3.43. The van der Waals surface area contributed by atoms with E-state index in [9.17, 15) is 14.9 Å². The molecule has 5 rings (SSSR count). The van der Waals surface area contributed by atoms with Crippen LogP contribution in [0.15, 0.2) is 54.1 Å². The number of nitrogens with one attached hydrogen (secondary N) is 1. The molecule has 0 saturated heterocycles. The molecule has 0 bridgehead atoms. The number of fused-ring (bicyclic) bond motifs is 2. The lowest BCUT2D eigenvalue weighted by Crippen LogP contribution is -2.16. The topological polar surface area (TPSA) is 84.1 Å². The van der Waals surface area contributed by atoms with Crippen molar-refractivity contribution in [2.45, 2.75) is 46.1 Å². The second-order valence-corrected chi connectivity index (χ2v) is 11.0. The SMILES string of the molecule is CCOC(=O)c1c(NC(=O)/C(C#N)=C/c2c(C)n(Cc3ccc(Cl)cc3)c3ccccc23)sc2c1CCCC2. The van der Waals surface area contributed by atoms with Gasteiger partial charge in [-0.25, -0.2) is 4.79 Å². The first-order valence-corrected chi connectivity index (χ1v) is 14.2. The van der Waals surface area contributed by atoms with Crippen LogP contribution in [-0.2, 0) is 28.9 Å². The number of nitrogens with zero attached hydrogens (tertiary/aromatic N) is 2. The summed E-state index contributed by atoms with van der Waals surface area (Å²) in [5.74, 6) is -0.980. The highest BCUT2D eigenvalue weighted by Crippen LogP contribution is 2.39. The van der Waals surface area contributed by atoms with Gasteiger partial charge in [-0.1, -0.05) is 41.9 Å². The molecule has 0 fully saturated rings. The van der Waals surface area contributed by atoms with Gasteiger partial charge in [-0.2, -0.15) is 5.26 Å². The van der Waals surface area contributed by atoms with Crippen LogP contribution in [0.3, 0.4) is 0 Å². The van der Waals surface area contributed by atoms with Gasteiger partial charge in [0.2, 0.25) is 0 Å². The highest BCUT2D eigenvalue weighted by Gasteiger charge is 2.28. The highest BCUT2D eigenvalue weighted by atomic mass is 35.5. The largest absolute Gasteiger partial charge is 0.462 e. The third-order valence-electron chi connectivity index (χ3n) is 7.07. The minimum atomic E-state index is -0.546. The van der Waals surface area contributed by atoms with Crippen molar-refractivity contribution >= 4 is 56.8 Å². The van der Waals surface area contributed by atoms with E-state index >= 15 is 0 Å². The number of hydrogen-bond acceptors (Lipinski definition) is 5. The lowest BCUT2D eigenvalue weighted by atomic mass is 9.95. The summed E-state index contributed by atoms with van der Waals surface area (Å²) >= 11 is 7.48. The monoisotopic (exact) mass is 557 g/mol. The smallest absolute Gasteiger partial charge is 0.341 e. The van der Waals surface area contributed by atoms with Crippen LogP contribution in [0, 0.1) is 18.3 Å². The van der Waals surface area contributed by atoms with E-state index in [1.54, 1.807) is 13.0 Å². The fourth-order valence-corrected chi connectivity index (χ4v) is 6.55. The first kappa shape index (κ1) is 26.7. The van der Waals surface area contributed by atoms with Crippen LogP contribution in [0.1, 0.15) is 57.4 Å². The second kappa shape index (κ2) is 11.5. The lowest BCUT2D eigenvalue weighted by Gasteiger charge is -2.12. The van der Waals surface area contributed by atoms with Crippen LogP contribution < -0.4 is 5.32 Å². The Kier molecular flexibility index (Phi) is 7.87. The van der Waals surface area contributed by atoms with Crippen LogP contribution in [0.2, 0.25) is 5.02 Å². The van der Waals surface area contributed by atoms with Crippen molar-refractivity contribution in [3.05, 3.63) is 92.0 Å². The molecule has 2 aromatic heterocycles. The van der Waals surface area contributed by atoms with E-state index in [4.69, 9.17) is 16.3 Å². The number of anilines is 1. The maximum atomic E-state index is 13.4. The number of hydrogen-bond donors (Lipinski definition) is 1. The number of carbonyl (C=O) groups excluding carboxylic acids is 2. The summed E-state index contributed by atoms with van der Waals surface area (Å²) in [6, 6.07) is 17.7. The Morgan fingerprint density at radius 2 is 1.90 bits per heavy atom. The fourth-order valence-electron chi connectivity index (χ4n) is 5.15. The number of thiophene rings is 1. The number of aryl methyl sites for hydroxylation is 1. The van der Waals surface area contributed by atoms with Crippen LogP contribution in [0.25, 0.3) is 17.0 Å². The van der Waals surface area contributed by atoms with E-state index in [2.05, 4.69) is 16.0 Å². The number of para-hydroxylation sites is 1. The van der Waals surface area contributed by atoms with E-state index in [0.29, 0.717) is 22.1 Å². The number of amides is 1. The molecule has 0 unspecified atom stereocenters. The zero-order valence-corrected chi connectivity index (χ0v) is 23.4. The average molecular weight is 558 g/mol. The minimum absolute atomic E-state index is 0.0336. The molecule has 39 heavy (non-hydrogen) atoms. The third-order valence-corrected chi connectivity index (χ3v) is 8.52. The number of ether oxygens (including phenoxy) is 1. The lowest BCUT2D eigenvalue weighted by molar-refractivity contribution is -0.112. The van der Waals surface area contributed by atoms with Crippen molar-refractivity contribution in [3.8, 4) is 6.07 Å². The molecule has 0 radical (unpaired) electrons. The summed E-state index contributed by atoms with van der Waals surface area (Å²) in [6.45, 7) is 4.62. The second-order valence-electron chi connectivity index (χ2n) is 9.49. The van der Waals surface area contributed by atoms with Crippen LogP contribution in [0.5, 0.6) is 0 Å². The predicted octanol–water partition coefficient (Wildman–Crippen LogP) is 7.31. The van der Waals surface area contributed by atoms with Crippen molar-refractivity contribution in [2.75, 3.05) is 11.9 Å². The highest BCUT2D eigenvalue weighted by molar-refractivity contribution is 7.17. The molecular formula is C31H28ClN3O3S. The van der Waals surface area contributed by atoms with Crippen molar-refractivity contribution in [1.29, 1.82) is 5.26 Å². The Bertz CT molecular complexity index is 1640. The Morgan fingerprint density at radius 3 is 2.64 bits per heavy atom. The quantitative estimate of drug-likeness (QED) is 0.147. The number of benzene rings is 2. The van der Waals surface area contributed by atoms with Gasteiger partial charge in [0.1, 0.15) is 16.6 Å². The predicted molar refractivity (Wildman–Crippen MR) is 156 cm³/mol. The first-order valence-electron chi connectivity index (χ1n) is 13.0. The van der Waals surface area contributed by atoms with E-state index in [1.165, 1.54) is 11.3 Å². The molecule has 0 spiro atoms. The Balaban J connectivity index is 1.51. The molecule has 2 aromatic carbocycles. The van der Waals surface area contributed by atoms with E-state index in [0.717, 1.165) is 63.8 Å². The molecule has 198 valence electrons. The normalized spacial score (nSPS) is 13.1. The van der Waals surface area contributed by atoms with E-state index in [1.807, 2.05) is 55.5 Å². The zero-order valence-electron chi connectivity index (χ0n) is 21.8. The van der Waals surface area contributed by atoms with Gasteiger partial charge < -0.3 is 14.6 Å². The fraction of sp³-hybridized carbons (Fsp3) is 0.258. The van der Waals surface area contributed by atoms with E-state index in [-0.39, 0.29) is 12.2 Å². The summed E-state index contributed by atoms with van der Waals surface area (Å²) in [5.41, 5.74) is 5.19. The molecule has 8 heteroatoms. The van der Waals surface area contributed by atoms with Gasteiger partial charge in [-0.05, 0) is 74.9 Å². The Hall–Kier alpha value is -3.86. The number of carbonyl (C=O) groups is 2. The molecule has 6 nitrogen and oxygen atoms in total. The van der Waals surface area contributed by atoms with Crippen molar-refractivity contribution in [2.24, 2.45) is 0 Å².